The molecule has 4 aromatic rings. The van der Waals surface area contributed by atoms with Crippen LogP contribution in [0.2, 0.25) is 10.0 Å². The number of benzene rings is 3. The van der Waals surface area contributed by atoms with Crippen molar-refractivity contribution in [2.45, 2.75) is 25.8 Å². The predicted molar refractivity (Wildman–Crippen MR) is 154 cm³/mol. The van der Waals surface area contributed by atoms with Crippen molar-refractivity contribution in [2.24, 2.45) is 5.73 Å². The molecule has 0 aliphatic carbocycles. The van der Waals surface area contributed by atoms with Gasteiger partial charge >= 0.3 is 12.0 Å². The maximum absolute atomic E-state index is 13.1. The van der Waals surface area contributed by atoms with Gasteiger partial charge in [-0.1, -0.05) is 65.4 Å². The number of carbonyl (C=O) groups excluding carboxylic acids is 2. The average Bonchev–Trinajstić information content (AvgIpc) is 3.37. The van der Waals surface area contributed by atoms with Crippen molar-refractivity contribution >= 4 is 46.5 Å². The number of hydrogen-bond donors (Lipinski definition) is 1. The quantitative estimate of drug-likeness (QED) is 0.178. The van der Waals surface area contributed by atoms with Gasteiger partial charge in [-0.15, -0.1) is 16.4 Å². The summed E-state index contributed by atoms with van der Waals surface area (Å²) in [7, 11) is 0. The van der Waals surface area contributed by atoms with Crippen LogP contribution in [0.3, 0.4) is 0 Å². The minimum absolute atomic E-state index is 0.205. The van der Waals surface area contributed by atoms with Crippen LogP contribution in [0, 0.1) is 17.7 Å². The minimum atomic E-state index is -0.962. The van der Waals surface area contributed by atoms with E-state index in [-0.39, 0.29) is 12.2 Å². The number of para-hydroxylation sites is 1. The van der Waals surface area contributed by atoms with Gasteiger partial charge in [0.05, 0.1) is 16.3 Å². The van der Waals surface area contributed by atoms with Crippen LogP contribution >= 0.6 is 34.5 Å². The fourth-order valence-corrected chi connectivity index (χ4v) is 4.97. The SMILES string of the molecule is CC(C#Cc1ccc(Cc2ccc(F)cc2)s1)N(OC(=O)Cc1ccccc1Oc1ccc(Cl)cc1Cl)C(N)=O. The highest BCUT2D eigenvalue weighted by Gasteiger charge is 2.22. The van der Waals surface area contributed by atoms with Gasteiger partial charge in [0.15, 0.2) is 0 Å². The zero-order valence-corrected chi connectivity index (χ0v) is 23.5. The number of urea groups is 1. The number of nitrogens with two attached hydrogens (primary N) is 1. The third-order valence-electron chi connectivity index (χ3n) is 5.55. The van der Waals surface area contributed by atoms with Gasteiger partial charge in [0.25, 0.3) is 0 Å². The molecule has 0 bridgehead atoms. The zero-order valence-electron chi connectivity index (χ0n) is 21.2. The van der Waals surface area contributed by atoms with Crippen molar-refractivity contribution in [3.8, 4) is 23.3 Å². The number of rotatable bonds is 7. The molecule has 4 rings (SSSR count). The normalized spacial score (nSPS) is 11.2. The molecule has 1 aromatic heterocycles. The summed E-state index contributed by atoms with van der Waals surface area (Å²) in [6, 6.07) is 20.0. The molecule has 3 aromatic carbocycles. The summed E-state index contributed by atoms with van der Waals surface area (Å²) in [5.74, 6) is 5.62. The fourth-order valence-electron chi connectivity index (χ4n) is 3.62. The first-order chi connectivity index (χ1) is 19.2. The summed E-state index contributed by atoms with van der Waals surface area (Å²) < 4.78 is 19.0. The average molecular weight is 597 g/mol. The van der Waals surface area contributed by atoms with E-state index in [9.17, 15) is 14.0 Å². The van der Waals surface area contributed by atoms with Gasteiger partial charge in [-0.25, -0.2) is 14.0 Å². The van der Waals surface area contributed by atoms with Gasteiger partial charge in [0, 0.05) is 21.9 Å². The molecular formula is C30H23Cl2FN2O4S. The highest BCUT2D eigenvalue weighted by Crippen LogP contribution is 2.33. The van der Waals surface area contributed by atoms with Crippen molar-refractivity contribution in [3.63, 3.8) is 0 Å². The molecule has 204 valence electrons. The summed E-state index contributed by atoms with van der Waals surface area (Å²) >= 11 is 13.6. The molecule has 40 heavy (non-hydrogen) atoms. The van der Waals surface area contributed by atoms with Gasteiger partial charge in [0.2, 0.25) is 0 Å². The second-order valence-electron chi connectivity index (χ2n) is 8.60. The lowest BCUT2D eigenvalue weighted by Gasteiger charge is -2.22. The number of carbonyl (C=O) groups is 2. The van der Waals surface area contributed by atoms with Crippen LogP contribution in [-0.4, -0.2) is 23.1 Å². The van der Waals surface area contributed by atoms with E-state index >= 15 is 0 Å². The highest BCUT2D eigenvalue weighted by molar-refractivity contribution is 7.12. The Morgan fingerprint density at radius 3 is 2.50 bits per heavy atom. The lowest BCUT2D eigenvalue weighted by atomic mass is 10.1. The van der Waals surface area contributed by atoms with Gasteiger partial charge in [-0.3, -0.25) is 0 Å². The number of halogens is 3. The molecule has 1 atom stereocenters. The molecule has 2 amide bonds. The van der Waals surface area contributed by atoms with Crippen LogP contribution in [0.15, 0.2) is 78.9 Å². The van der Waals surface area contributed by atoms with E-state index in [4.69, 9.17) is 38.5 Å². The van der Waals surface area contributed by atoms with Crippen LogP contribution in [0.1, 0.15) is 27.8 Å². The van der Waals surface area contributed by atoms with Crippen molar-refractivity contribution in [2.75, 3.05) is 0 Å². The summed E-state index contributed by atoms with van der Waals surface area (Å²) in [4.78, 5) is 31.9. The summed E-state index contributed by atoms with van der Waals surface area (Å²) in [6.45, 7) is 1.59. The lowest BCUT2D eigenvalue weighted by molar-refractivity contribution is -0.178. The molecule has 0 aliphatic heterocycles. The van der Waals surface area contributed by atoms with E-state index in [1.807, 2.05) is 12.1 Å². The smallest absolute Gasteiger partial charge is 0.349 e. The molecule has 2 N–H and O–H groups in total. The Labute approximate surface area is 245 Å². The van der Waals surface area contributed by atoms with Crippen LogP contribution in [0.4, 0.5) is 9.18 Å². The Kier molecular flexibility index (Phi) is 9.67. The molecule has 0 saturated carbocycles. The predicted octanol–water partition coefficient (Wildman–Crippen LogP) is 7.40. The van der Waals surface area contributed by atoms with Crippen LogP contribution < -0.4 is 10.5 Å². The molecule has 0 spiro atoms. The standard InChI is InChI=1S/C30H23Cl2FN2O4S/c1-19(6-12-24-13-14-25(40-24)16-20-7-10-23(33)11-8-20)35(30(34)37)39-29(36)17-21-4-2-3-5-27(21)38-28-15-9-22(31)18-26(28)32/h2-5,7-11,13-15,18-19H,16-17H2,1H3,(H2,34,37). The number of thiophene rings is 1. The van der Waals surface area contributed by atoms with Gasteiger partial charge in [-0.05, 0) is 61.0 Å². The largest absolute Gasteiger partial charge is 0.456 e. The first kappa shape index (κ1) is 29.0. The monoisotopic (exact) mass is 596 g/mol. The zero-order chi connectivity index (χ0) is 28.6. The minimum Gasteiger partial charge on any atom is -0.456 e. The number of nitrogens with zero attached hydrogens (tertiary/aromatic N) is 1. The third-order valence-corrected chi connectivity index (χ3v) is 7.08. The number of primary amides is 1. The second kappa shape index (κ2) is 13.4. The molecule has 0 saturated heterocycles. The summed E-state index contributed by atoms with van der Waals surface area (Å²) in [6.07, 6.45) is 0.436. The van der Waals surface area contributed by atoms with E-state index in [0.29, 0.717) is 33.5 Å². The maximum Gasteiger partial charge on any atom is 0.349 e. The molecule has 1 unspecified atom stereocenters. The summed E-state index contributed by atoms with van der Waals surface area (Å²) in [5.41, 5.74) is 6.96. The van der Waals surface area contributed by atoms with Crippen LogP contribution in [-0.2, 0) is 22.5 Å². The molecule has 0 radical (unpaired) electrons. The topological polar surface area (TPSA) is 81.9 Å². The fraction of sp³-hybridized carbons (Fsp3) is 0.133. The third kappa shape index (κ3) is 7.99. The molecule has 6 nitrogen and oxygen atoms in total. The van der Waals surface area contributed by atoms with Crippen LogP contribution in [0.25, 0.3) is 0 Å². The first-order valence-corrected chi connectivity index (χ1v) is 13.6. The van der Waals surface area contributed by atoms with E-state index in [1.165, 1.54) is 23.5 Å². The van der Waals surface area contributed by atoms with E-state index in [0.717, 1.165) is 20.4 Å². The van der Waals surface area contributed by atoms with Gasteiger partial charge in [0.1, 0.15) is 23.4 Å². The first-order valence-electron chi connectivity index (χ1n) is 12.0. The molecule has 0 fully saturated rings. The van der Waals surface area contributed by atoms with Gasteiger partial charge < -0.3 is 15.3 Å². The van der Waals surface area contributed by atoms with Crippen molar-refractivity contribution < 1.29 is 23.6 Å². The summed E-state index contributed by atoms with van der Waals surface area (Å²) in [5, 5.41) is 1.51. The maximum atomic E-state index is 13.1. The van der Waals surface area contributed by atoms with Crippen molar-refractivity contribution in [1.82, 2.24) is 5.06 Å². The highest BCUT2D eigenvalue weighted by atomic mass is 35.5. The lowest BCUT2D eigenvalue weighted by Crippen LogP contribution is -2.43. The molecule has 10 heteroatoms. The Morgan fingerprint density at radius 1 is 1.02 bits per heavy atom. The Morgan fingerprint density at radius 2 is 1.77 bits per heavy atom. The molecule has 0 aliphatic rings. The van der Waals surface area contributed by atoms with E-state index < -0.39 is 18.0 Å². The Balaban J connectivity index is 1.40. The van der Waals surface area contributed by atoms with E-state index in [2.05, 4.69) is 11.8 Å². The second-order valence-corrected chi connectivity index (χ2v) is 10.6. The number of hydroxylamine groups is 2. The van der Waals surface area contributed by atoms with Crippen molar-refractivity contribution in [1.29, 1.82) is 0 Å². The Hall–Kier alpha value is -4.03. The molecular weight excluding hydrogens is 574 g/mol. The number of hydrogen-bond acceptors (Lipinski definition) is 5. The van der Waals surface area contributed by atoms with Crippen molar-refractivity contribution in [3.05, 3.63) is 116 Å². The van der Waals surface area contributed by atoms with Gasteiger partial charge in [-0.2, -0.15) is 0 Å². The number of amides is 2. The Bertz CT molecular complexity index is 1580. The molecule has 1 heterocycles. The van der Waals surface area contributed by atoms with Crippen LogP contribution in [0.5, 0.6) is 11.5 Å². The van der Waals surface area contributed by atoms with E-state index in [1.54, 1.807) is 61.5 Å². The number of ether oxygens (including phenoxy) is 1.